The summed E-state index contributed by atoms with van der Waals surface area (Å²) in [5.74, 6) is 8.81. The molecule has 134 valence electrons. The molecule has 0 amide bonds. The number of nitrogens with zero attached hydrogens (tertiary/aromatic N) is 1. The molecule has 1 aliphatic rings. The van der Waals surface area contributed by atoms with Gasteiger partial charge in [0, 0.05) is 0 Å². The SMILES string of the molecule is Cc1ccc(C(C)C)cc1-c1cc(C2CCCC2)[c]([Ge]([CH3])([CH3])[CH3])cn1. The number of benzene rings is 1. The Bertz CT molecular complexity index is 749. The average molecular weight is 396 g/mol. The van der Waals surface area contributed by atoms with Crippen LogP contribution in [0, 0.1) is 6.92 Å². The maximum atomic E-state index is 4.96. The van der Waals surface area contributed by atoms with Crippen LogP contribution >= 0.6 is 0 Å². The third kappa shape index (κ3) is 4.02. The summed E-state index contributed by atoms with van der Waals surface area (Å²) in [7, 11) is 0. The number of pyridine rings is 1. The maximum absolute atomic E-state index is 4.96. The van der Waals surface area contributed by atoms with Crippen molar-refractivity contribution in [3.8, 4) is 11.3 Å². The molecule has 0 aliphatic heterocycles. The van der Waals surface area contributed by atoms with Crippen molar-refractivity contribution in [2.75, 3.05) is 0 Å². The zero-order valence-corrected chi connectivity index (χ0v) is 18.9. The normalized spacial score (nSPS) is 16.0. The fourth-order valence-corrected chi connectivity index (χ4v) is 7.44. The molecule has 2 aromatic rings. The third-order valence-corrected chi connectivity index (χ3v) is 10.0. The van der Waals surface area contributed by atoms with Gasteiger partial charge in [0.05, 0.1) is 0 Å². The van der Waals surface area contributed by atoms with Gasteiger partial charge in [-0.25, -0.2) is 0 Å². The predicted molar refractivity (Wildman–Crippen MR) is 113 cm³/mol. The molecule has 3 rings (SSSR count). The van der Waals surface area contributed by atoms with E-state index < -0.39 is 13.3 Å². The van der Waals surface area contributed by atoms with Gasteiger partial charge in [-0.1, -0.05) is 0 Å². The zero-order valence-electron chi connectivity index (χ0n) is 16.8. The molecule has 1 fully saturated rings. The minimum absolute atomic E-state index is 0.553. The second-order valence-electron chi connectivity index (χ2n) is 9.12. The van der Waals surface area contributed by atoms with Gasteiger partial charge in [-0.05, 0) is 0 Å². The van der Waals surface area contributed by atoms with E-state index in [4.69, 9.17) is 4.98 Å². The van der Waals surface area contributed by atoms with Crippen LogP contribution in [0.15, 0.2) is 30.5 Å². The van der Waals surface area contributed by atoms with Crippen LogP contribution in [-0.4, -0.2) is 18.3 Å². The van der Waals surface area contributed by atoms with Crippen LogP contribution in [0.3, 0.4) is 0 Å². The van der Waals surface area contributed by atoms with E-state index in [0.717, 1.165) is 5.92 Å². The summed E-state index contributed by atoms with van der Waals surface area (Å²) >= 11 is -1.91. The Morgan fingerprint density at radius 3 is 2.32 bits per heavy atom. The Labute approximate surface area is 156 Å². The predicted octanol–water partition coefficient (Wildman–Crippen LogP) is 6.38. The number of rotatable bonds is 4. The first-order valence-corrected chi connectivity index (χ1v) is 17.2. The fourth-order valence-electron chi connectivity index (χ4n) is 4.09. The van der Waals surface area contributed by atoms with Gasteiger partial charge in [0.25, 0.3) is 0 Å². The minimum atomic E-state index is -1.91. The van der Waals surface area contributed by atoms with E-state index in [0.29, 0.717) is 5.92 Å². The fraction of sp³-hybridized carbons (Fsp3) is 0.522. The molecule has 2 heteroatoms. The van der Waals surface area contributed by atoms with Crippen molar-refractivity contribution in [1.29, 1.82) is 0 Å². The van der Waals surface area contributed by atoms with Crippen LogP contribution < -0.4 is 4.40 Å². The van der Waals surface area contributed by atoms with Gasteiger partial charge in [-0.2, -0.15) is 0 Å². The van der Waals surface area contributed by atoms with E-state index >= 15 is 0 Å². The molecule has 1 heterocycles. The Kier molecular flexibility index (Phi) is 5.43. The standard InChI is InChI=1S/C23H33GeN/c1-16(2)19-12-11-17(3)20(13-19)23-14-21(18-9-7-8-10-18)22(15-25-23)24(4,5)6/h11-16,18H,7-10H2,1-6H3. The Hall–Kier alpha value is -1.09. The zero-order chi connectivity index (χ0) is 18.2. The van der Waals surface area contributed by atoms with Crippen LogP contribution in [0.2, 0.25) is 17.3 Å². The van der Waals surface area contributed by atoms with Crippen LogP contribution in [0.4, 0.5) is 0 Å². The Morgan fingerprint density at radius 2 is 1.72 bits per heavy atom. The van der Waals surface area contributed by atoms with E-state index in [9.17, 15) is 0 Å². The van der Waals surface area contributed by atoms with E-state index in [1.54, 1.807) is 9.96 Å². The van der Waals surface area contributed by atoms with Crippen molar-refractivity contribution in [2.24, 2.45) is 0 Å². The van der Waals surface area contributed by atoms with Crippen molar-refractivity contribution >= 4 is 17.7 Å². The summed E-state index contributed by atoms with van der Waals surface area (Å²) in [5.41, 5.74) is 6.86. The molecule has 0 saturated heterocycles. The molecule has 0 spiro atoms. The summed E-state index contributed by atoms with van der Waals surface area (Å²) in [6.45, 7) is 6.75. The van der Waals surface area contributed by atoms with E-state index in [-0.39, 0.29) is 0 Å². The summed E-state index contributed by atoms with van der Waals surface area (Å²) in [5, 5.41) is 0. The molecule has 0 atom stereocenters. The van der Waals surface area contributed by atoms with E-state index in [1.807, 2.05) is 0 Å². The molecule has 0 bridgehead atoms. The van der Waals surface area contributed by atoms with Gasteiger partial charge in [0.15, 0.2) is 0 Å². The number of aryl methyl sites for hydroxylation is 1. The summed E-state index contributed by atoms with van der Waals surface area (Å²) in [6.07, 6.45) is 7.74. The Balaban J connectivity index is 2.12. The van der Waals surface area contributed by atoms with Gasteiger partial charge in [-0.3, -0.25) is 0 Å². The molecular formula is C23H33GeN. The first-order valence-electron chi connectivity index (χ1n) is 9.88. The van der Waals surface area contributed by atoms with E-state index in [2.05, 4.69) is 68.5 Å². The first-order chi connectivity index (χ1) is 11.8. The monoisotopic (exact) mass is 397 g/mol. The van der Waals surface area contributed by atoms with Crippen LogP contribution in [0.1, 0.15) is 68.1 Å². The molecule has 0 N–H and O–H groups in total. The third-order valence-electron chi connectivity index (χ3n) is 5.74. The molecule has 1 aromatic heterocycles. The van der Waals surface area contributed by atoms with E-state index in [1.165, 1.54) is 48.1 Å². The summed E-state index contributed by atoms with van der Waals surface area (Å²) < 4.78 is 1.62. The number of hydrogen-bond donors (Lipinski definition) is 0. The van der Waals surface area contributed by atoms with Crippen LogP contribution in [0.25, 0.3) is 11.3 Å². The average Bonchev–Trinajstić information content (AvgIpc) is 3.08. The van der Waals surface area contributed by atoms with Crippen molar-refractivity contribution < 1.29 is 0 Å². The molecule has 1 aliphatic carbocycles. The van der Waals surface area contributed by atoms with Crippen molar-refractivity contribution in [3.63, 3.8) is 0 Å². The van der Waals surface area contributed by atoms with Crippen molar-refractivity contribution in [1.82, 2.24) is 4.98 Å². The van der Waals surface area contributed by atoms with Crippen LogP contribution in [0.5, 0.6) is 0 Å². The molecule has 0 unspecified atom stereocenters. The topological polar surface area (TPSA) is 12.9 Å². The van der Waals surface area contributed by atoms with Crippen molar-refractivity contribution in [2.45, 2.75) is 75.6 Å². The number of aromatic nitrogens is 1. The molecule has 25 heavy (non-hydrogen) atoms. The first kappa shape index (κ1) is 18.7. The van der Waals surface area contributed by atoms with Gasteiger partial charge in [0.2, 0.25) is 0 Å². The van der Waals surface area contributed by atoms with Gasteiger partial charge < -0.3 is 0 Å². The summed E-state index contributed by atoms with van der Waals surface area (Å²) in [6, 6.07) is 9.34. The second kappa shape index (κ2) is 7.27. The van der Waals surface area contributed by atoms with Gasteiger partial charge >= 0.3 is 157 Å². The second-order valence-corrected chi connectivity index (χ2v) is 19.7. The molecule has 1 aromatic carbocycles. The molecule has 1 saturated carbocycles. The Morgan fingerprint density at radius 1 is 1.04 bits per heavy atom. The van der Waals surface area contributed by atoms with Crippen LogP contribution in [-0.2, 0) is 0 Å². The molecule has 0 radical (unpaired) electrons. The van der Waals surface area contributed by atoms with Crippen molar-refractivity contribution in [3.05, 3.63) is 47.2 Å². The molecular weight excluding hydrogens is 363 g/mol. The number of hydrogen-bond acceptors (Lipinski definition) is 1. The van der Waals surface area contributed by atoms with Gasteiger partial charge in [-0.15, -0.1) is 0 Å². The quantitative estimate of drug-likeness (QED) is 0.547. The van der Waals surface area contributed by atoms with Gasteiger partial charge in [0.1, 0.15) is 0 Å². The molecule has 1 nitrogen and oxygen atoms in total. The summed E-state index contributed by atoms with van der Waals surface area (Å²) in [4.78, 5) is 4.96.